The third-order valence-corrected chi connectivity index (χ3v) is 4.78. The normalized spacial score (nSPS) is 13.8. The SMILES string of the molecule is O=C(COc1ccc2ccc(=O)oc2c1)OCC(=O)N1CCN(c2ncccn2)CC1. The van der Waals surface area contributed by atoms with Crippen LogP contribution in [0, 0.1) is 0 Å². The lowest BCUT2D eigenvalue weighted by Gasteiger charge is -2.34. The van der Waals surface area contributed by atoms with E-state index in [4.69, 9.17) is 13.9 Å². The quantitative estimate of drug-likeness (QED) is 0.419. The molecule has 0 spiro atoms. The van der Waals surface area contributed by atoms with E-state index in [2.05, 4.69) is 9.97 Å². The number of hydrogen-bond acceptors (Lipinski definition) is 9. The summed E-state index contributed by atoms with van der Waals surface area (Å²) < 4.78 is 15.5. The summed E-state index contributed by atoms with van der Waals surface area (Å²) in [5.41, 5.74) is -0.117. The number of esters is 1. The fourth-order valence-corrected chi connectivity index (χ4v) is 3.16. The minimum atomic E-state index is -0.667. The Hall–Kier alpha value is -3.95. The Bertz CT molecular complexity index is 1130. The molecule has 0 atom stereocenters. The number of carbonyl (C=O) groups excluding carboxylic acids is 2. The lowest BCUT2D eigenvalue weighted by atomic mass is 10.2. The van der Waals surface area contributed by atoms with Crippen LogP contribution in [0.15, 0.2) is 58.0 Å². The maximum atomic E-state index is 12.3. The Kier molecular flexibility index (Phi) is 6.06. The maximum Gasteiger partial charge on any atom is 0.344 e. The van der Waals surface area contributed by atoms with Crippen LogP contribution in [0.3, 0.4) is 0 Å². The summed E-state index contributed by atoms with van der Waals surface area (Å²) in [4.78, 5) is 47.6. The molecule has 0 unspecified atom stereocenters. The van der Waals surface area contributed by atoms with Crippen molar-refractivity contribution in [2.45, 2.75) is 0 Å². The predicted octanol–water partition coefficient (Wildman–Crippen LogP) is 0.854. The highest BCUT2D eigenvalue weighted by atomic mass is 16.6. The first-order valence-electron chi connectivity index (χ1n) is 9.70. The molecule has 3 heterocycles. The summed E-state index contributed by atoms with van der Waals surface area (Å²) in [7, 11) is 0. The van der Waals surface area contributed by atoms with Crippen molar-refractivity contribution in [2.75, 3.05) is 44.3 Å². The highest BCUT2D eigenvalue weighted by Crippen LogP contribution is 2.19. The number of rotatable bonds is 6. The molecular weight excluding hydrogens is 404 g/mol. The van der Waals surface area contributed by atoms with Crippen LogP contribution in [-0.4, -0.2) is 66.1 Å². The van der Waals surface area contributed by atoms with E-state index in [1.165, 1.54) is 12.1 Å². The van der Waals surface area contributed by atoms with Gasteiger partial charge >= 0.3 is 11.6 Å². The summed E-state index contributed by atoms with van der Waals surface area (Å²) in [6.07, 6.45) is 3.35. The van der Waals surface area contributed by atoms with E-state index in [0.29, 0.717) is 43.5 Å². The molecule has 1 aromatic carbocycles. The summed E-state index contributed by atoms with van der Waals surface area (Å²) in [6, 6.07) is 9.59. The van der Waals surface area contributed by atoms with Gasteiger partial charge in [0.15, 0.2) is 13.2 Å². The van der Waals surface area contributed by atoms with Crippen LogP contribution < -0.4 is 15.3 Å². The Morgan fingerprint density at radius 1 is 1.00 bits per heavy atom. The summed E-state index contributed by atoms with van der Waals surface area (Å²) in [5, 5.41) is 0.735. The van der Waals surface area contributed by atoms with Gasteiger partial charge in [-0.05, 0) is 24.3 Å². The van der Waals surface area contributed by atoms with Gasteiger partial charge in [-0.3, -0.25) is 4.79 Å². The second-order valence-electron chi connectivity index (χ2n) is 6.82. The minimum absolute atomic E-state index is 0.269. The van der Waals surface area contributed by atoms with Crippen molar-refractivity contribution in [3.05, 3.63) is 59.2 Å². The zero-order chi connectivity index (χ0) is 21.6. The van der Waals surface area contributed by atoms with Gasteiger partial charge < -0.3 is 23.7 Å². The molecule has 160 valence electrons. The van der Waals surface area contributed by atoms with Gasteiger partial charge in [-0.25, -0.2) is 19.6 Å². The van der Waals surface area contributed by atoms with Crippen LogP contribution in [-0.2, 0) is 14.3 Å². The molecule has 1 aliphatic rings. The first kappa shape index (κ1) is 20.3. The second-order valence-corrected chi connectivity index (χ2v) is 6.82. The molecule has 0 aliphatic carbocycles. The molecule has 1 fully saturated rings. The van der Waals surface area contributed by atoms with Gasteiger partial charge in [0.2, 0.25) is 5.95 Å². The van der Waals surface area contributed by atoms with Crippen LogP contribution in [0.2, 0.25) is 0 Å². The van der Waals surface area contributed by atoms with Crippen LogP contribution in [0.25, 0.3) is 11.0 Å². The number of aromatic nitrogens is 2. The average Bonchev–Trinajstić information content (AvgIpc) is 2.81. The van der Waals surface area contributed by atoms with Crippen molar-refractivity contribution in [1.29, 1.82) is 0 Å². The lowest BCUT2D eigenvalue weighted by Crippen LogP contribution is -2.50. The predicted molar refractivity (Wildman–Crippen MR) is 110 cm³/mol. The monoisotopic (exact) mass is 424 g/mol. The molecule has 1 aliphatic heterocycles. The molecule has 10 heteroatoms. The molecule has 1 amide bonds. The van der Waals surface area contributed by atoms with E-state index >= 15 is 0 Å². The third-order valence-electron chi connectivity index (χ3n) is 4.78. The molecular formula is C21H20N4O6. The van der Waals surface area contributed by atoms with E-state index in [1.54, 1.807) is 41.6 Å². The smallest absolute Gasteiger partial charge is 0.344 e. The van der Waals surface area contributed by atoms with E-state index < -0.39 is 11.6 Å². The third kappa shape index (κ3) is 5.16. The van der Waals surface area contributed by atoms with Crippen molar-refractivity contribution in [3.63, 3.8) is 0 Å². The molecule has 0 bridgehead atoms. The van der Waals surface area contributed by atoms with Gasteiger partial charge in [0.05, 0.1) is 0 Å². The standard InChI is InChI=1S/C21H20N4O6/c26-18(24-8-10-25(11-9-24)21-22-6-1-7-23-21)13-30-20(28)14-29-16-4-2-15-3-5-19(27)31-17(15)12-16/h1-7,12H,8-11,13-14H2. The Morgan fingerprint density at radius 2 is 1.74 bits per heavy atom. The number of benzene rings is 1. The highest BCUT2D eigenvalue weighted by molar-refractivity contribution is 5.81. The number of nitrogens with zero attached hydrogens (tertiary/aromatic N) is 4. The van der Waals surface area contributed by atoms with Crippen molar-refractivity contribution in [2.24, 2.45) is 0 Å². The van der Waals surface area contributed by atoms with Gasteiger partial charge in [-0.15, -0.1) is 0 Å². The molecule has 0 saturated carbocycles. The van der Waals surface area contributed by atoms with Crippen LogP contribution >= 0.6 is 0 Å². The Balaban J connectivity index is 1.21. The molecule has 1 saturated heterocycles. The zero-order valence-corrected chi connectivity index (χ0v) is 16.6. The zero-order valence-electron chi connectivity index (χ0n) is 16.6. The van der Waals surface area contributed by atoms with Crippen LogP contribution in [0.5, 0.6) is 5.75 Å². The molecule has 2 aromatic heterocycles. The second kappa shape index (κ2) is 9.24. The fourth-order valence-electron chi connectivity index (χ4n) is 3.16. The summed E-state index contributed by atoms with van der Waals surface area (Å²) in [6.45, 7) is 1.47. The maximum absolute atomic E-state index is 12.3. The van der Waals surface area contributed by atoms with Gasteiger partial charge in [-0.1, -0.05) is 0 Å². The van der Waals surface area contributed by atoms with Crippen molar-refractivity contribution in [3.8, 4) is 5.75 Å². The van der Waals surface area contributed by atoms with Gasteiger partial charge in [0.25, 0.3) is 5.91 Å². The molecule has 3 aromatic rings. The van der Waals surface area contributed by atoms with E-state index in [0.717, 1.165) is 5.39 Å². The van der Waals surface area contributed by atoms with E-state index in [9.17, 15) is 14.4 Å². The fraction of sp³-hybridized carbons (Fsp3) is 0.286. The summed E-state index contributed by atoms with van der Waals surface area (Å²) in [5.74, 6) is 0.0456. The molecule has 0 radical (unpaired) electrons. The number of ether oxygens (including phenoxy) is 2. The average molecular weight is 424 g/mol. The lowest BCUT2D eigenvalue weighted by molar-refractivity contribution is -0.153. The topological polar surface area (TPSA) is 115 Å². The van der Waals surface area contributed by atoms with Crippen molar-refractivity contribution in [1.82, 2.24) is 14.9 Å². The largest absolute Gasteiger partial charge is 0.482 e. The number of carbonyl (C=O) groups is 2. The minimum Gasteiger partial charge on any atom is -0.482 e. The van der Waals surface area contributed by atoms with Crippen molar-refractivity contribution >= 4 is 28.8 Å². The van der Waals surface area contributed by atoms with Gasteiger partial charge in [-0.2, -0.15) is 0 Å². The first-order valence-corrected chi connectivity index (χ1v) is 9.70. The number of fused-ring (bicyclic) bond motifs is 1. The number of piperazine rings is 1. The van der Waals surface area contributed by atoms with Gasteiger partial charge in [0, 0.05) is 56.1 Å². The number of amides is 1. The molecule has 10 nitrogen and oxygen atoms in total. The Labute approximate surface area is 177 Å². The number of anilines is 1. The Morgan fingerprint density at radius 3 is 2.52 bits per heavy atom. The molecule has 4 rings (SSSR count). The first-order chi connectivity index (χ1) is 15.1. The highest BCUT2D eigenvalue weighted by Gasteiger charge is 2.23. The molecule has 31 heavy (non-hydrogen) atoms. The van der Waals surface area contributed by atoms with E-state index in [1.807, 2.05) is 4.90 Å². The van der Waals surface area contributed by atoms with Crippen molar-refractivity contribution < 1.29 is 23.5 Å². The van der Waals surface area contributed by atoms with Crippen LogP contribution in [0.1, 0.15) is 0 Å². The molecule has 0 N–H and O–H groups in total. The number of hydrogen-bond donors (Lipinski definition) is 0. The van der Waals surface area contributed by atoms with Gasteiger partial charge in [0.1, 0.15) is 11.3 Å². The summed E-state index contributed by atoms with van der Waals surface area (Å²) >= 11 is 0. The van der Waals surface area contributed by atoms with Crippen LogP contribution in [0.4, 0.5) is 5.95 Å². The van der Waals surface area contributed by atoms with E-state index in [-0.39, 0.29) is 19.1 Å².